The van der Waals surface area contributed by atoms with Crippen molar-refractivity contribution in [1.82, 2.24) is 15.2 Å². The first-order chi connectivity index (χ1) is 17.6. The van der Waals surface area contributed by atoms with Crippen LogP contribution in [0, 0.1) is 0 Å². The Morgan fingerprint density at radius 3 is 2.39 bits per heavy atom. The van der Waals surface area contributed by atoms with Crippen molar-refractivity contribution >= 4 is 39.3 Å². The third-order valence-electron chi connectivity index (χ3n) is 7.20. The quantitative estimate of drug-likeness (QED) is 0.315. The van der Waals surface area contributed by atoms with Gasteiger partial charge in [0.25, 0.3) is 5.91 Å². The second-order valence-electron chi connectivity index (χ2n) is 9.48. The summed E-state index contributed by atoms with van der Waals surface area (Å²) >= 11 is 0. The van der Waals surface area contributed by atoms with E-state index >= 15 is 0 Å². The maximum atomic E-state index is 12.8. The molecule has 2 aromatic carbocycles. The average molecular weight is 566 g/mol. The Morgan fingerprint density at radius 1 is 1.05 bits per heavy atom. The van der Waals surface area contributed by atoms with Crippen molar-refractivity contribution in [3.63, 3.8) is 0 Å². The molecule has 10 nitrogen and oxygen atoms in total. The van der Waals surface area contributed by atoms with Crippen LogP contribution in [0.25, 0.3) is 22.2 Å². The van der Waals surface area contributed by atoms with Gasteiger partial charge in [0.2, 0.25) is 0 Å². The lowest BCUT2D eigenvalue weighted by atomic mass is 9.98. The molecule has 0 atom stereocenters. The molecular weight excluding hydrogens is 534 g/mol. The van der Waals surface area contributed by atoms with Crippen molar-refractivity contribution in [2.24, 2.45) is 0 Å². The second kappa shape index (κ2) is 10.7. The van der Waals surface area contributed by atoms with E-state index in [2.05, 4.69) is 27.3 Å². The van der Waals surface area contributed by atoms with Gasteiger partial charge < -0.3 is 28.7 Å². The number of nitrogens with zero attached hydrogens (tertiary/aromatic N) is 1. The van der Waals surface area contributed by atoms with Crippen LogP contribution in [0.2, 0.25) is 0 Å². The fourth-order valence-electron chi connectivity index (χ4n) is 5.21. The van der Waals surface area contributed by atoms with Gasteiger partial charge in [0, 0.05) is 81.0 Å². The van der Waals surface area contributed by atoms with Gasteiger partial charge in [-0.1, -0.05) is 6.07 Å². The highest BCUT2D eigenvalue weighted by Crippen LogP contribution is 2.43. The smallest absolute Gasteiger partial charge is 0.306 e. The van der Waals surface area contributed by atoms with Crippen LogP contribution in [0.1, 0.15) is 34.3 Å². The molecule has 5 rings (SSSR count). The predicted octanol–water partition coefficient (Wildman–Crippen LogP) is 3.43. The summed E-state index contributed by atoms with van der Waals surface area (Å²) in [5.74, 6) is -0.513. The lowest BCUT2D eigenvalue weighted by molar-refractivity contribution is -0.229. The third-order valence-corrected chi connectivity index (χ3v) is 7.66. The number of hydrogen-bond acceptors (Lipinski definition) is 8. The molecule has 2 aliphatic rings. The number of H-pyrrole nitrogens is 1. The Kier molecular flexibility index (Phi) is 7.96. The summed E-state index contributed by atoms with van der Waals surface area (Å²) in [5, 5.41) is 3.78. The molecule has 206 valence electrons. The molecule has 0 saturated carbocycles. The largest absolute Gasteiger partial charge is 0.493 e. The van der Waals surface area contributed by atoms with E-state index in [0.717, 1.165) is 55.3 Å². The number of nitrogens with one attached hydrogen (secondary N) is 2. The van der Waals surface area contributed by atoms with E-state index in [1.807, 2.05) is 12.1 Å². The van der Waals surface area contributed by atoms with Gasteiger partial charge in [-0.3, -0.25) is 9.69 Å². The van der Waals surface area contributed by atoms with E-state index in [1.54, 1.807) is 20.3 Å². The Balaban J connectivity index is 0.00000336. The Hall–Kier alpha value is -2.83. The lowest BCUT2D eigenvalue weighted by Crippen LogP contribution is -2.46. The van der Waals surface area contributed by atoms with Crippen LogP contribution in [0.4, 0.5) is 0 Å². The molecule has 3 aromatic rings. The van der Waals surface area contributed by atoms with Crippen LogP contribution in [0.15, 0.2) is 30.3 Å². The molecule has 2 aliphatic heterocycles. The van der Waals surface area contributed by atoms with Crippen molar-refractivity contribution in [2.75, 3.05) is 40.7 Å². The number of carbonyl (C=O) groups excluding carboxylic acids is 1. The number of halogens is 1. The van der Waals surface area contributed by atoms with Crippen LogP contribution < -0.4 is 14.2 Å². The number of rotatable bonds is 8. The second-order valence-corrected chi connectivity index (χ2v) is 11.1. The maximum Gasteiger partial charge on any atom is 0.306 e. The first kappa shape index (κ1) is 28.2. The number of likely N-dealkylation sites (tertiary alicyclic amines) is 1. The Bertz CT molecular complexity index is 1460. The zero-order chi connectivity index (χ0) is 26.4. The van der Waals surface area contributed by atoms with Crippen molar-refractivity contribution in [1.29, 1.82) is 0 Å². The number of ether oxygens (including phenoxy) is 3. The molecule has 0 unspecified atom stereocenters. The van der Waals surface area contributed by atoms with Gasteiger partial charge in [0.15, 0.2) is 17.3 Å². The lowest BCUT2D eigenvalue weighted by Gasteiger charge is -2.39. The summed E-state index contributed by atoms with van der Waals surface area (Å²) in [6.45, 7) is 2.71. The van der Waals surface area contributed by atoms with Gasteiger partial charge in [-0.15, -0.1) is 12.4 Å². The van der Waals surface area contributed by atoms with Crippen LogP contribution in [0.3, 0.4) is 0 Å². The molecule has 1 fully saturated rings. The molecule has 38 heavy (non-hydrogen) atoms. The minimum Gasteiger partial charge on any atom is -0.493 e. The van der Waals surface area contributed by atoms with Gasteiger partial charge in [0.1, 0.15) is 0 Å². The normalized spacial score (nSPS) is 17.1. The van der Waals surface area contributed by atoms with Gasteiger partial charge in [-0.05, 0) is 29.8 Å². The van der Waals surface area contributed by atoms with Gasteiger partial charge >= 0.3 is 10.1 Å². The van der Waals surface area contributed by atoms with E-state index in [4.69, 9.17) is 18.4 Å². The average Bonchev–Trinajstić information content (AvgIpc) is 3.48. The van der Waals surface area contributed by atoms with Crippen molar-refractivity contribution in [2.45, 2.75) is 31.7 Å². The summed E-state index contributed by atoms with van der Waals surface area (Å²) in [7, 11) is 1.00. The molecule has 0 bridgehead atoms. The topological polar surface area (TPSA) is 119 Å². The highest BCUT2D eigenvalue weighted by molar-refractivity contribution is 7.86. The van der Waals surface area contributed by atoms with Gasteiger partial charge in [-0.25, -0.2) is 0 Å². The molecule has 0 radical (unpaired) electrons. The fourth-order valence-corrected chi connectivity index (χ4v) is 5.70. The molecule has 1 amide bonds. The standard InChI is InChI=1S/C26H31N3O7S.ClH/c1-33-22-13-18(23-19(14-27-25(23)30)24(22)36-37(4,31)32)21-12-17-11-16(5-6-20(17)28-21)15-29-9-7-26(34-2,35-3)8-10-29;/h5-6,11-13,28H,7-10,14-15H2,1-4H3,(H,27,30);1H. The fraction of sp³-hybridized carbons (Fsp3) is 0.423. The number of benzene rings is 2. The molecule has 0 spiro atoms. The number of hydrogen-bond donors (Lipinski definition) is 2. The number of methoxy groups -OCH3 is 3. The number of fused-ring (bicyclic) bond motifs is 2. The number of amides is 1. The maximum absolute atomic E-state index is 12.8. The number of aromatic nitrogens is 1. The molecule has 2 N–H and O–H groups in total. The Morgan fingerprint density at radius 2 is 1.76 bits per heavy atom. The van der Waals surface area contributed by atoms with Gasteiger partial charge in [0.05, 0.1) is 18.9 Å². The molecule has 0 aliphatic carbocycles. The first-order valence-electron chi connectivity index (χ1n) is 12.0. The van der Waals surface area contributed by atoms with E-state index in [0.29, 0.717) is 16.7 Å². The van der Waals surface area contributed by atoms with E-state index in [1.165, 1.54) is 12.7 Å². The third kappa shape index (κ3) is 5.34. The molecule has 1 aromatic heterocycles. The molecule has 12 heteroatoms. The zero-order valence-electron chi connectivity index (χ0n) is 21.8. The summed E-state index contributed by atoms with van der Waals surface area (Å²) in [6, 6.07) is 9.90. The van der Waals surface area contributed by atoms with E-state index in [-0.39, 0.29) is 36.4 Å². The first-order valence-corrected chi connectivity index (χ1v) is 13.8. The van der Waals surface area contributed by atoms with Crippen molar-refractivity contribution in [3.8, 4) is 22.8 Å². The SMILES string of the molecule is COc1cc(-c2cc3cc(CN4CCC(OC)(OC)CC4)ccc3[nH]2)c2c(c1OS(C)(=O)=O)CNC2=O.Cl. The monoisotopic (exact) mass is 565 g/mol. The molecule has 3 heterocycles. The van der Waals surface area contributed by atoms with Crippen LogP contribution >= 0.6 is 12.4 Å². The predicted molar refractivity (Wildman–Crippen MR) is 145 cm³/mol. The van der Waals surface area contributed by atoms with Gasteiger partial charge in [-0.2, -0.15) is 8.42 Å². The highest BCUT2D eigenvalue weighted by atomic mass is 35.5. The molecule has 1 saturated heterocycles. The van der Waals surface area contributed by atoms with E-state index < -0.39 is 15.9 Å². The number of carbonyl (C=O) groups is 1. The zero-order valence-corrected chi connectivity index (χ0v) is 23.4. The van der Waals surface area contributed by atoms with Crippen LogP contribution in [0.5, 0.6) is 11.5 Å². The van der Waals surface area contributed by atoms with Crippen molar-refractivity contribution < 1.29 is 31.6 Å². The molecular formula is C26H32ClN3O7S. The number of aromatic amines is 1. The summed E-state index contributed by atoms with van der Waals surface area (Å²) in [4.78, 5) is 18.5. The van der Waals surface area contributed by atoms with Crippen LogP contribution in [-0.4, -0.2) is 70.7 Å². The number of piperidine rings is 1. The summed E-state index contributed by atoms with van der Waals surface area (Å²) < 4.78 is 45.5. The summed E-state index contributed by atoms with van der Waals surface area (Å²) in [5.41, 5.74) is 4.28. The van der Waals surface area contributed by atoms with E-state index in [9.17, 15) is 13.2 Å². The summed E-state index contributed by atoms with van der Waals surface area (Å²) in [6.07, 6.45) is 2.58. The highest BCUT2D eigenvalue weighted by Gasteiger charge is 2.34. The minimum absolute atomic E-state index is 0. The Labute approximate surface area is 228 Å². The van der Waals surface area contributed by atoms with Crippen molar-refractivity contribution in [3.05, 3.63) is 47.0 Å². The van der Waals surface area contributed by atoms with Crippen LogP contribution in [-0.2, 0) is 32.7 Å². The minimum atomic E-state index is -3.82.